The fourth-order valence-corrected chi connectivity index (χ4v) is 3.35. The van der Waals surface area contributed by atoms with Crippen molar-refractivity contribution in [2.75, 3.05) is 32.7 Å². The van der Waals surface area contributed by atoms with Crippen LogP contribution in [-0.4, -0.2) is 53.7 Å². The largest absolute Gasteiger partial charge is 0.391 e. The number of aliphatic hydroxyl groups is 1. The maximum atomic E-state index is 10.3. The molecule has 0 radical (unpaired) electrons. The molecule has 0 aliphatic carbocycles. The molecule has 3 nitrogen and oxygen atoms in total. The monoisotopic (exact) mass is 344 g/mol. The van der Waals surface area contributed by atoms with Crippen molar-refractivity contribution in [3.05, 3.63) is 70.7 Å². The summed E-state index contributed by atoms with van der Waals surface area (Å²) >= 11 is 5.94. The van der Waals surface area contributed by atoms with Crippen LogP contribution in [0.4, 0.5) is 0 Å². The van der Waals surface area contributed by atoms with Gasteiger partial charge in [0.05, 0.1) is 6.10 Å². The molecule has 0 bridgehead atoms. The Balaban J connectivity index is 1.41. The van der Waals surface area contributed by atoms with Crippen molar-refractivity contribution < 1.29 is 5.11 Å². The zero-order valence-corrected chi connectivity index (χ0v) is 14.7. The summed E-state index contributed by atoms with van der Waals surface area (Å²) in [5, 5.41) is 11.1. The molecule has 1 aliphatic rings. The zero-order chi connectivity index (χ0) is 16.8. The summed E-state index contributed by atoms with van der Waals surface area (Å²) in [7, 11) is 0. The molecule has 2 aromatic rings. The first kappa shape index (κ1) is 17.4. The van der Waals surface area contributed by atoms with Crippen molar-refractivity contribution >= 4 is 11.6 Å². The van der Waals surface area contributed by atoms with Gasteiger partial charge in [-0.2, -0.15) is 0 Å². The first-order valence-electron chi connectivity index (χ1n) is 8.60. The summed E-state index contributed by atoms with van der Waals surface area (Å²) in [6, 6.07) is 18.3. The van der Waals surface area contributed by atoms with Crippen LogP contribution in [0.1, 0.15) is 11.1 Å². The van der Waals surface area contributed by atoms with Gasteiger partial charge in [-0.15, -0.1) is 0 Å². The maximum Gasteiger partial charge on any atom is 0.0707 e. The Morgan fingerprint density at radius 1 is 0.833 bits per heavy atom. The van der Waals surface area contributed by atoms with E-state index in [2.05, 4.69) is 34.1 Å². The third kappa shape index (κ3) is 5.32. The molecule has 1 unspecified atom stereocenters. The molecule has 4 heteroatoms. The fourth-order valence-electron chi connectivity index (χ4n) is 3.23. The van der Waals surface area contributed by atoms with Crippen molar-refractivity contribution in [1.82, 2.24) is 9.80 Å². The molecule has 24 heavy (non-hydrogen) atoms. The molecular formula is C20H25ClN2O. The molecule has 1 heterocycles. The molecule has 0 aromatic heterocycles. The van der Waals surface area contributed by atoms with E-state index in [1.165, 1.54) is 11.1 Å². The lowest BCUT2D eigenvalue weighted by atomic mass is 10.1. The van der Waals surface area contributed by atoms with Crippen molar-refractivity contribution in [3.8, 4) is 0 Å². The normalized spacial score (nSPS) is 17.8. The molecule has 128 valence electrons. The number of aliphatic hydroxyl groups excluding tert-OH is 1. The lowest BCUT2D eigenvalue weighted by Gasteiger charge is -2.35. The quantitative estimate of drug-likeness (QED) is 0.872. The Morgan fingerprint density at radius 2 is 1.46 bits per heavy atom. The van der Waals surface area contributed by atoms with Gasteiger partial charge in [-0.25, -0.2) is 0 Å². The molecule has 0 saturated carbocycles. The minimum absolute atomic E-state index is 0.296. The Morgan fingerprint density at radius 3 is 2.12 bits per heavy atom. The summed E-state index contributed by atoms with van der Waals surface area (Å²) in [6.07, 6.45) is 0.432. The number of nitrogens with zero attached hydrogens (tertiary/aromatic N) is 2. The summed E-state index contributed by atoms with van der Waals surface area (Å²) in [5.74, 6) is 0. The van der Waals surface area contributed by atoms with Gasteiger partial charge >= 0.3 is 0 Å². The van der Waals surface area contributed by atoms with Crippen LogP contribution in [0.15, 0.2) is 54.6 Å². The van der Waals surface area contributed by atoms with Crippen LogP contribution in [0.3, 0.4) is 0 Å². The van der Waals surface area contributed by atoms with Gasteiger partial charge in [-0.05, 0) is 29.7 Å². The van der Waals surface area contributed by atoms with Gasteiger partial charge in [-0.1, -0.05) is 54.1 Å². The Kier molecular flexibility index (Phi) is 6.27. The number of benzene rings is 2. The summed E-state index contributed by atoms with van der Waals surface area (Å²) in [6.45, 7) is 5.83. The number of hydrogen-bond donors (Lipinski definition) is 1. The predicted molar refractivity (Wildman–Crippen MR) is 99.3 cm³/mol. The first-order chi connectivity index (χ1) is 11.7. The highest BCUT2D eigenvalue weighted by atomic mass is 35.5. The number of rotatable bonds is 6. The SMILES string of the molecule is OC(Cc1ccccc1)CN1CCN(Cc2ccc(Cl)cc2)CC1. The summed E-state index contributed by atoms with van der Waals surface area (Å²) in [5.41, 5.74) is 2.50. The Labute approximate surface area is 149 Å². The minimum atomic E-state index is -0.296. The van der Waals surface area contributed by atoms with Crippen LogP contribution < -0.4 is 0 Å². The van der Waals surface area contributed by atoms with E-state index in [4.69, 9.17) is 11.6 Å². The molecular weight excluding hydrogens is 320 g/mol. The molecule has 1 atom stereocenters. The van der Waals surface area contributed by atoms with E-state index in [-0.39, 0.29) is 6.10 Å². The van der Waals surface area contributed by atoms with E-state index >= 15 is 0 Å². The van der Waals surface area contributed by atoms with Gasteiger partial charge in [0.15, 0.2) is 0 Å². The highest BCUT2D eigenvalue weighted by Crippen LogP contribution is 2.13. The smallest absolute Gasteiger partial charge is 0.0707 e. The lowest BCUT2D eigenvalue weighted by molar-refractivity contribution is 0.0705. The molecule has 0 amide bonds. The maximum absolute atomic E-state index is 10.3. The van der Waals surface area contributed by atoms with Crippen LogP contribution in [0.5, 0.6) is 0 Å². The Hall–Kier alpha value is -1.39. The standard InChI is InChI=1S/C20H25ClN2O/c21-19-8-6-18(7-9-19)15-22-10-12-23(13-11-22)16-20(24)14-17-4-2-1-3-5-17/h1-9,20,24H,10-16H2. The third-order valence-corrected chi connectivity index (χ3v) is 4.82. The first-order valence-corrected chi connectivity index (χ1v) is 8.98. The van der Waals surface area contributed by atoms with E-state index in [0.717, 1.165) is 50.7 Å². The van der Waals surface area contributed by atoms with Crippen molar-refractivity contribution in [2.45, 2.75) is 19.1 Å². The van der Waals surface area contributed by atoms with Crippen LogP contribution in [0.25, 0.3) is 0 Å². The number of β-amino-alcohol motifs (C(OH)–C–C–N with tert-alkyl or cyclic N) is 1. The van der Waals surface area contributed by atoms with Gasteiger partial charge in [0.2, 0.25) is 0 Å². The van der Waals surface area contributed by atoms with E-state index in [9.17, 15) is 5.11 Å². The molecule has 1 aliphatic heterocycles. The average Bonchev–Trinajstić information content (AvgIpc) is 2.59. The van der Waals surface area contributed by atoms with E-state index in [0.29, 0.717) is 0 Å². The van der Waals surface area contributed by atoms with Gasteiger partial charge < -0.3 is 5.11 Å². The molecule has 3 rings (SSSR count). The summed E-state index contributed by atoms with van der Waals surface area (Å²) in [4.78, 5) is 4.83. The molecule has 2 aromatic carbocycles. The fraction of sp³-hybridized carbons (Fsp3) is 0.400. The second kappa shape index (κ2) is 8.63. The topological polar surface area (TPSA) is 26.7 Å². The van der Waals surface area contributed by atoms with E-state index in [1.807, 2.05) is 30.3 Å². The molecule has 0 spiro atoms. The van der Waals surface area contributed by atoms with E-state index < -0.39 is 0 Å². The van der Waals surface area contributed by atoms with Crippen molar-refractivity contribution in [1.29, 1.82) is 0 Å². The third-order valence-electron chi connectivity index (χ3n) is 4.57. The average molecular weight is 345 g/mol. The summed E-state index contributed by atoms with van der Waals surface area (Å²) < 4.78 is 0. The van der Waals surface area contributed by atoms with Gasteiger partial charge in [0, 0.05) is 44.3 Å². The highest BCUT2D eigenvalue weighted by Gasteiger charge is 2.19. The number of hydrogen-bond acceptors (Lipinski definition) is 3. The van der Waals surface area contributed by atoms with Crippen LogP contribution >= 0.6 is 11.6 Å². The number of piperazine rings is 1. The van der Waals surface area contributed by atoms with E-state index in [1.54, 1.807) is 0 Å². The zero-order valence-electron chi connectivity index (χ0n) is 13.9. The lowest BCUT2D eigenvalue weighted by Crippen LogP contribution is -2.48. The van der Waals surface area contributed by atoms with Crippen LogP contribution in [-0.2, 0) is 13.0 Å². The minimum Gasteiger partial charge on any atom is -0.391 e. The second-order valence-electron chi connectivity index (χ2n) is 6.55. The van der Waals surface area contributed by atoms with Crippen LogP contribution in [0.2, 0.25) is 5.02 Å². The molecule has 1 saturated heterocycles. The van der Waals surface area contributed by atoms with Gasteiger partial charge in [0.25, 0.3) is 0 Å². The molecule has 1 fully saturated rings. The van der Waals surface area contributed by atoms with Gasteiger partial charge in [-0.3, -0.25) is 9.80 Å². The second-order valence-corrected chi connectivity index (χ2v) is 6.98. The van der Waals surface area contributed by atoms with Crippen molar-refractivity contribution in [2.24, 2.45) is 0 Å². The van der Waals surface area contributed by atoms with Gasteiger partial charge in [0.1, 0.15) is 0 Å². The Bertz CT molecular complexity index is 609. The van der Waals surface area contributed by atoms with Crippen LogP contribution in [0, 0.1) is 0 Å². The highest BCUT2D eigenvalue weighted by molar-refractivity contribution is 6.30. The van der Waals surface area contributed by atoms with Crippen molar-refractivity contribution in [3.63, 3.8) is 0 Å². The molecule has 1 N–H and O–H groups in total. The number of halogens is 1. The predicted octanol–water partition coefficient (Wildman–Crippen LogP) is 3.06.